The van der Waals surface area contributed by atoms with E-state index in [1.807, 2.05) is 12.1 Å². The molecule has 1 aromatic carbocycles. The van der Waals surface area contributed by atoms with Gasteiger partial charge in [-0.3, -0.25) is 9.78 Å². The fraction of sp³-hybridized carbons (Fsp3) is 0. The summed E-state index contributed by atoms with van der Waals surface area (Å²) in [4.78, 5) is 16.0. The number of allylic oxidation sites excluding steroid dienone is 1. The molecule has 0 saturated carbocycles. The SMILES string of the molecule is N#C/C(=C\c1cccnc1)C(=O)c1ccccc1. The van der Waals surface area contributed by atoms with E-state index in [9.17, 15) is 4.79 Å². The Morgan fingerprint density at radius 3 is 2.56 bits per heavy atom. The number of nitrogens with zero attached hydrogens (tertiary/aromatic N) is 2. The van der Waals surface area contributed by atoms with Gasteiger partial charge in [0.15, 0.2) is 0 Å². The first-order chi connectivity index (χ1) is 8.81. The lowest BCUT2D eigenvalue weighted by atomic mass is 10.0. The summed E-state index contributed by atoms with van der Waals surface area (Å²) < 4.78 is 0. The minimum absolute atomic E-state index is 0.106. The first kappa shape index (κ1) is 11.7. The maximum Gasteiger partial charge on any atom is 0.203 e. The molecule has 0 radical (unpaired) electrons. The second-order valence-corrected chi connectivity index (χ2v) is 3.65. The number of ketones is 1. The predicted octanol–water partition coefficient (Wildman–Crippen LogP) is 2.87. The molecule has 86 valence electrons. The normalized spacial score (nSPS) is 10.7. The Morgan fingerprint density at radius 1 is 1.17 bits per heavy atom. The highest BCUT2D eigenvalue weighted by Gasteiger charge is 2.11. The van der Waals surface area contributed by atoms with Crippen molar-refractivity contribution in [2.75, 3.05) is 0 Å². The van der Waals surface area contributed by atoms with Crippen molar-refractivity contribution in [3.8, 4) is 6.07 Å². The van der Waals surface area contributed by atoms with Crippen molar-refractivity contribution in [1.82, 2.24) is 4.98 Å². The maximum atomic E-state index is 12.1. The summed E-state index contributed by atoms with van der Waals surface area (Å²) >= 11 is 0. The van der Waals surface area contributed by atoms with Crippen molar-refractivity contribution in [2.45, 2.75) is 0 Å². The lowest BCUT2D eigenvalue weighted by Crippen LogP contribution is -2.01. The number of hydrogen-bond acceptors (Lipinski definition) is 3. The summed E-state index contributed by atoms with van der Waals surface area (Å²) in [5.74, 6) is -0.276. The van der Waals surface area contributed by atoms with E-state index < -0.39 is 0 Å². The summed E-state index contributed by atoms with van der Waals surface area (Å²) in [6, 6.07) is 14.2. The molecule has 0 aliphatic heterocycles. The minimum Gasteiger partial charge on any atom is -0.288 e. The van der Waals surface area contributed by atoms with Crippen molar-refractivity contribution >= 4 is 11.9 Å². The highest BCUT2D eigenvalue weighted by Crippen LogP contribution is 2.11. The van der Waals surface area contributed by atoms with Gasteiger partial charge in [0.2, 0.25) is 5.78 Å². The van der Waals surface area contributed by atoms with Gasteiger partial charge in [-0.15, -0.1) is 0 Å². The van der Waals surface area contributed by atoms with E-state index in [1.165, 1.54) is 0 Å². The van der Waals surface area contributed by atoms with Crippen LogP contribution in [0.15, 0.2) is 60.4 Å². The molecule has 1 aromatic heterocycles. The zero-order valence-corrected chi connectivity index (χ0v) is 9.58. The van der Waals surface area contributed by atoms with E-state index in [-0.39, 0.29) is 11.4 Å². The van der Waals surface area contributed by atoms with Gasteiger partial charge >= 0.3 is 0 Å². The summed E-state index contributed by atoms with van der Waals surface area (Å²) in [6.07, 6.45) is 4.79. The van der Waals surface area contributed by atoms with Gasteiger partial charge in [0, 0.05) is 18.0 Å². The molecule has 0 aliphatic rings. The molecule has 0 spiro atoms. The van der Waals surface area contributed by atoms with Gasteiger partial charge < -0.3 is 0 Å². The van der Waals surface area contributed by atoms with Crippen LogP contribution in [0.4, 0.5) is 0 Å². The molecule has 0 fully saturated rings. The van der Waals surface area contributed by atoms with Crippen molar-refractivity contribution in [1.29, 1.82) is 5.26 Å². The molecule has 0 atom stereocenters. The molecule has 0 bridgehead atoms. The van der Waals surface area contributed by atoms with E-state index >= 15 is 0 Å². The zero-order valence-electron chi connectivity index (χ0n) is 9.58. The molecule has 0 aliphatic carbocycles. The zero-order chi connectivity index (χ0) is 12.8. The lowest BCUT2D eigenvalue weighted by Gasteiger charge is -1.99. The minimum atomic E-state index is -0.276. The van der Waals surface area contributed by atoms with Gasteiger partial charge in [-0.1, -0.05) is 36.4 Å². The van der Waals surface area contributed by atoms with Crippen LogP contribution < -0.4 is 0 Å². The number of benzene rings is 1. The number of hydrogen-bond donors (Lipinski definition) is 0. The van der Waals surface area contributed by atoms with Gasteiger partial charge in [-0.05, 0) is 17.7 Å². The summed E-state index contributed by atoms with van der Waals surface area (Å²) in [7, 11) is 0. The van der Waals surface area contributed by atoms with E-state index in [2.05, 4.69) is 4.98 Å². The van der Waals surface area contributed by atoms with E-state index in [0.29, 0.717) is 5.56 Å². The van der Waals surface area contributed by atoms with Crippen molar-refractivity contribution in [2.24, 2.45) is 0 Å². The van der Waals surface area contributed by atoms with Crippen LogP contribution in [-0.2, 0) is 0 Å². The molecule has 2 rings (SSSR count). The number of Topliss-reactive ketones (excluding diaryl/α,β-unsaturated/α-hetero) is 1. The van der Waals surface area contributed by atoms with Crippen LogP contribution in [0, 0.1) is 11.3 Å². The Labute approximate surface area is 105 Å². The molecule has 0 amide bonds. The van der Waals surface area contributed by atoms with Crippen LogP contribution in [0.3, 0.4) is 0 Å². The summed E-state index contributed by atoms with van der Waals surface area (Å²) in [5, 5.41) is 9.06. The number of rotatable bonds is 3. The number of pyridine rings is 1. The largest absolute Gasteiger partial charge is 0.288 e. The van der Waals surface area contributed by atoms with Crippen molar-refractivity contribution in [3.05, 3.63) is 71.6 Å². The van der Waals surface area contributed by atoms with Crippen LogP contribution in [0.25, 0.3) is 6.08 Å². The van der Waals surface area contributed by atoms with Gasteiger partial charge in [-0.25, -0.2) is 0 Å². The number of nitriles is 1. The van der Waals surface area contributed by atoms with Crippen LogP contribution >= 0.6 is 0 Å². The molecule has 0 N–H and O–H groups in total. The quantitative estimate of drug-likeness (QED) is 0.466. The third kappa shape index (κ3) is 2.69. The second-order valence-electron chi connectivity index (χ2n) is 3.65. The summed E-state index contributed by atoms with van der Waals surface area (Å²) in [5.41, 5.74) is 1.35. The highest BCUT2D eigenvalue weighted by atomic mass is 16.1. The average Bonchev–Trinajstić information content (AvgIpc) is 2.46. The molecule has 18 heavy (non-hydrogen) atoms. The van der Waals surface area contributed by atoms with Crippen molar-refractivity contribution in [3.63, 3.8) is 0 Å². The van der Waals surface area contributed by atoms with E-state index in [4.69, 9.17) is 5.26 Å². The molecular formula is C15H10N2O. The fourth-order valence-corrected chi connectivity index (χ4v) is 1.52. The Balaban J connectivity index is 2.34. The Kier molecular flexibility index (Phi) is 3.62. The second kappa shape index (κ2) is 5.55. The Morgan fingerprint density at radius 2 is 1.94 bits per heavy atom. The number of aromatic nitrogens is 1. The van der Waals surface area contributed by atoms with Crippen LogP contribution in [-0.4, -0.2) is 10.8 Å². The molecule has 0 unspecified atom stereocenters. The fourth-order valence-electron chi connectivity index (χ4n) is 1.52. The molecule has 2 aromatic rings. The molecular weight excluding hydrogens is 224 g/mol. The molecule has 3 heteroatoms. The lowest BCUT2D eigenvalue weighted by molar-refractivity contribution is 0.104. The van der Waals surface area contributed by atoms with Gasteiger partial charge in [0.05, 0.1) is 0 Å². The monoisotopic (exact) mass is 234 g/mol. The topological polar surface area (TPSA) is 53.8 Å². The Bertz CT molecular complexity index is 610. The van der Waals surface area contributed by atoms with Crippen LogP contribution in [0.5, 0.6) is 0 Å². The van der Waals surface area contributed by atoms with Gasteiger partial charge in [0.25, 0.3) is 0 Å². The maximum absolute atomic E-state index is 12.1. The highest BCUT2D eigenvalue weighted by molar-refractivity contribution is 6.13. The van der Waals surface area contributed by atoms with Crippen molar-refractivity contribution < 1.29 is 4.79 Å². The molecule has 3 nitrogen and oxygen atoms in total. The van der Waals surface area contributed by atoms with Gasteiger partial charge in [-0.2, -0.15) is 5.26 Å². The van der Waals surface area contributed by atoms with E-state index in [1.54, 1.807) is 54.9 Å². The first-order valence-electron chi connectivity index (χ1n) is 5.43. The predicted molar refractivity (Wildman–Crippen MR) is 68.6 cm³/mol. The third-order valence-corrected chi connectivity index (χ3v) is 2.40. The molecule has 0 saturated heterocycles. The Hall–Kier alpha value is -2.73. The summed E-state index contributed by atoms with van der Waals surface area (Å²) in [6.45, 7) is 0. The standard InChI is InChI=1S/C15H10N2O/c16-10-14(9-12-5-4-8-17-11-12)15(18)13-6-2-1-3-7-13/h1-9,11H/b14-9+. The smallest absolute Gasteiger partial charge is 0.203 e. The number of carbonyl (C=O) groups is 1. The third-order valence-electron chi connectivity index (χ3n) is 2.40. The van der Waals surface area contributed by atoms with Crippen LogP contribution in [0.2, 0.25) is 0 Å². The van der Waals surface area contributed by atoms with Gasteiger partial charge in [0.1, 0.15) is 11.6 Å². The molecule has 1 heterocycles. The number of carbonyl (C=O) groups excluding carboxylic acids is 1. The van der Waals surface area contributed by atoms with E-state index in [0.717, 1.165) is 5.56 Å². The average molecular weight is 234 g/mol. The first-order valence-corrected chi connectivity index (χ1v) is 5.43. The van der Waals surface area contributed by atoms with Crippen LogP contribution in [0.1, 0.15) is 15.9 Å².